The molecule has 0 unspecified atom stereocenters. The molecule has 2 atom stereocenters. The molecule has 0 aliphatic carbocycles. The van der Waals surface area contributed by atoms with E-state index in [-0.39, 0.29) is 11.4 Å². The van der Waals surface area contributed by atoms with Crippen LogP contribution in [0.5, 0.6) is 23.0 Å². The van der Waals surface area contributed by atoms with Crippen LogP contribution in [0.1, 0.15) is 36.0 Å². The first-order chi connectivity index (χ1) is 16.2. The van der Waals surface area contributed by atoms with Gasteiger partial charge >= 0.3 is 5.97 Å². The summed E-state index contributed by atoms with van der Waals surface area (Å²) >= 11 is 12.0. The van der Waals surface area contributed by atoms with Crippen LogP contribution in [0, 0.1) is 0 Å². The highest BCUT2D eigenvalue weighted by Gasteiger charge is 2.24. The van der Waals surface area contributed by atoms with Crippen molar-refractivity contribution in [2.45, 2.75) is 26.0 Å². The van der Waals surface area contributed by atoms with E-state index in [0.29, 0.717) is 27.1 Å². The Bertz CT molecular complexity index is 1190. The lowest BCUT2D eigenvalue weighted by atomic mass is 10.1. The fraction of sp³-hybridized carbons (Fsp3) is 0.208. The summed E-state index contributed by atoms with van der Waals surface area (Å²) in [7, 11) is 1.35. The normalized spacial score (nSPS) is 12.4. The molecule has 1 amide bonds. The maximum Gasteiger partial charge on any atom is 0.328 e. The zero-order valence-corrected chi connectivity index (χ0v) is 20.1. The summed E-state index contributed by atoms with van der Waals surface area (Å²) in [6.07, 6.45) is 0.718. The molecule has 0 radical (unpaired) electrons. The van der Waals surface area contributed by atoms with Crippen molar-refractivity contribution in [2.24, 2.45) is 0 Å². The molecule has 34 heavy (non-hydrogen) atoms. The Morgan fingerprint density at radius 1 is 1.03 bits per heavy atom. The van der Waals surface area contributed by atoms with Crippen LogP contribution in [0.25, 0.3) is 0 Å². The number of nitrogens with zero attached hydrogens (tertiary/aromatic N) is 1. The van der Waals surface area contributed by atoms with Gasteiger partial charge < -0.3 is 24.6 Å². The molecule has 8 nitrogen and oxygen atoms in total. The van der Waals surface area contributed by atoms with Crippen LogP contribution in [0.4, 0.5) is 0 Å². The summed E-state index contributed by atoms with van der Waals surface area (Å²) in [4.78, 5) is 28.7. The first kappa shape index (κ1) is 25.1. The monoisotopic (exact) mass is 504 g/mol. The summed E-state index contributed by atoms with van der Waals surface area (Å²) in [5.41, 5.74) is 0.456. The molecule has 3 aromatic rings. The molecule has 1 aromatic heterocycles. The number of aromatic hydroxyl groups is 1. The van der Waals surface area contributed by atoms with Gasteiger partial charge in [-0.1, -0.05) is 35.3 Å². The number of pyridine rings is 1. The van der Waals surface area contributed by atoms with Gasteiger partial charge in [-0.25, -0.2) is 9.78 Å². The van der Waals surface area contributed by atoms with Gasteiger partial charge in [0.25, 0.3) is 5.91 Å². The van der Waals surface area contributed by atoms with Crippen molar-refractivity contribution in [3.05, 3.63) is 76.0 Å². The molecular weight excluding hydrogens is 483 g/mol. The lowest BCUT2D eigenvalue weighted by molar-refractivity contribution is -0.150. The molecule has 2 N–H and O–H groups in total. The molecule has 0 saturated carbocycles. The van der Waals surface area contributed by atoms with Crippen molar-refractivity contribution in [3.8, 4) is 23.0 Å². The van der Waals surface area contributed by atoms with Gasteiger partial charge in [0.2, 0.25) is 0 Å². The van der Waals surface area contributed by atoms with Gasteiger partial charge in [0.05, 0.1) is 12.1 Å². The summed E-state index contributed by atoms with van der Waals surface area (Å²) in [6, 6.07) is 12.3. The third-order valence-corrected chi connectivity index (χ3v) is 5.32. The number of ether oxygens (including phenoxy) is 3. The lowest BCUT2D eigenvalue weighted by Gasteiger charge is -2.18. The van der Waals surface area contributed by atoms with Gasteiger partial charge in [0.1, 0.15) is 23.6 Å². The fourth-order valence-corrected chi connectivity index (χ4v) is 3.37. The van der Waals surface area contributed by atoms with Crippen molar-refractivity contribution >= 4 is 35.1 Å². The summed E-state index contributed by atoms with van der Waals surface area (Å²) in [6.45, 7) is 3.17. The molecule has 0 bridgehead atoms. The van der Waals surface area contributed by atoms with Gasteiger partial charge in [0.15, 0.2) is 17.2 Å². The molecule has 0 aliphatic heterocycles. The summed E-state index contributed by atoms with van der Waals surface area (Å²) in [5.74, 6) is -0.724. The van der Waals surface area contributed by atoms with Gasteiger partial charge in [0, 0.05) is 17.3 Å². The van der Waals surface area contributed by atoms with E-state index < -0.39 is 29.8 Å². The van der Waals surface area contributed by atoms with Gasteiger partial charge in [-0.15, -0.1) is 0 Å². The predicted molar refractivity (Wildman–Crippen MR) is 127 cm³/mol. The smallest absolute Gasteiger partial charge is 0.328 e. The minimum Gasteiger partial charge on any atom is -0.503 e. The standard InChI is InChI=1S/C24H22Cl2N2O6/c1-13(28-23(30)21-22(29)20(32-3)10-11-27-21)24(31)33-14(2)15-4-7-17(8-5-15)34-19-9-6-16(25)12-18(19)26/h4-14,29H,1-3H3,(H,28,30)/t13-,14-/m0/s1. The zero-order chi connectivity index (χ0) is 24.8. The van der Waals surface area contributed by atoms with Crippen molar-refractivity contribution in [3.63, 3.8) is 0 Å². The molecule has 0 aliphatic rings. The number of methoxy groups -OCH3 is 1. The van der Waals surface area contributed by atoms with Crippen molar-refractivity contribution in [1.29, 1.82) is 0 Å². The first-order valence-electron chi connectivity index (χ1n) is 10.2. The number of amides is 1. The van der Waals surface area contributed by atoms with Crippen molar-refractivity contribution in [1.82, 2.24) is 10.3 Å². The quantitative estimate of drug-likeness (QED) is 0.399. The summed E-state index contributed by atoms with van der Waals surface area (Å²) in [5, 5.41) is 13.4. The highest BCUT2D eigenvalue weighted by atomic mass is 35.5. The molecule has 178 valence electrons. The molecule has 1 heterocycles. The number of hydrogen-bond acceptors (Lipinski definition) is 7. The second-order valence-electron chi connectivity index (χ2n) is 7.23. The number of carbonyl (C=O) groups excluding carboxylic acids is 2. The Morgan fingerprint density at radius 2 is 1.74 bits per heavy atom. The van der Waals surface area contributed by atoms with Gasteiger partial charge in [-0.3, -0.25) is 4.79 Å². The Labute approximate surface area is 206 Å². The molecule has 0 saturated heterocycles. The molecule has 0 fully saturated rings. The molecule has 10 heteroatoms. The van der Waals surface area contributed by atoms with Crippen molar-refractivity contribution < 1.29 is 28.9 Å². The van der Waals surface area contributed by atoms with Crippen molar-refractivity contribution in [2.75, 3.05) is 7.11 Å². The number of benzene rings is 2. The maximum absolute atomic E-state index is 12.5. The minimum atomic E-state index is -0.989. The van der Waals surface area contributed by atoms with E-state index >= 15 is 0 Å². The van der Waals surface area contributed by atoms with Crippen LogP contribution in [0.2, 0.25) is 10.0 Å². The SMILES string of the molecule is COc1ccnc(C(=O)N[C@@H](C)C(=O)O[C@@H](C)c2ccc(Oc3ccc(Cl)cc3Cl)cc2)c1O. The number of hydrogen-bond donors (Lipinski definition) is 2. The van der Waals surface area contributed by atoms with E-state index in [0.717, 1.165) is 0 Å². The number of aromatic nitrogens is 1. The van der Waals surface area contributed by atoms with Crippen LogP contribution < -0.4 is 14.8 Å². The van der Waals surface area contributed by atoms with E-state index in [1.165, 1.54) is 26.3 Å². The highest BCUT2D eigenvalue weighted by Crippen LogP contribution is 2.32. The predicted octanol–water partition coefficient (Wildman–Crippen LogP) is 5.32. The Kier molecular flexibility index (Phi) is 8.20. The Morgan fingerprint density at radius 3 is 2.38 bits per heavy atom. The largest absolute Gasteiger partial charge is 0.503 e. The molecular formula is C24H22Cl2N2O6. The van der Waals surface area contributed by atoms with E-state index in [4.69, 9.17) is 37.4 Å². The zero-order valence-electron chi connectivity index (χ0n) is 18.5. The maximum atomic E-state index is 12.5. The Balaban J connectivity index is 1.58. The minimum absolute atomic E-state index is 0.0924. The average molecular weight is 505 g/mol. The second-order valence-corrected chi connectivity index (χ2v) is 8.07. The van der Waals surface area contributed by atoms with Crippen LogP contribution in [-0.4, -0.2) is 35.1 Å². The molecule has 2 aromatic carbocycles. The topological polar surface area (TPSA) is 107 Å². The number of esters is 1. The van der Waals surface area contributed by atoms with Crippen LogP contribution in [0.3, 0.4) is 0 Å². The van der Waals surface area contributed by atoms with E-state index in [1.807, 2.05) is 0 Å². The number of nitrogens with one attached hydrogen (secondary N) is 1. The highest BCUT2D eigenvalue weighted by molar-refractivity contribution is 6.35. The average Bonchev–Trinajstić information content (AvgIpc) is 2.81. The van der Waals surface area contributed by atoms with Crippen LogP contribution in [-0.2, 0) is 9.53 Å². The van der Waals surface area contributed by atoms with Crippen LogP contribution in [0.15, 0.2) is 54.7 Å². The van der Waals surface area contributed by atoms with E-state index in [9.17, 15) is 14.7 Å². The van der Waals surface area contributed by atoms with E-state index in [1.54, 1.807) is 49.4 Å². The fourth-order valence-electron chi connectivity index (χ4n) is 2.93. The lowest BCUT2D eigenvalue weighted by Crippen LogP contribution is -2.40. The summed E-state index contributed by atoms with van der Waals surface area (Å²) < 4.78 is 16.2. The van der Waals surface area contributed by atoms with Gasteiger partial charge in [-0.05, 0) is 49.7 Å². The number of carbonyl (C=O) groups is 2. The second kappa shape index (κ2) is 11.1. The molecule has 0 spiro atoms. The first-order valence-corrected chi connectivity index (χ1v) is 10.9. The van der Waals surface area contributed by atoms with E-state index in [2.05, 4.69) is 10.3 Å². The van der Waals surface area contributed by atoms with Crippen LogP contribution >= 0.6 is 23.2 Å². The third kappa shape index (κ3) is 6.09. The van der Waals surface area contributed by atoms with Gasteiger partial charge in [-0.2, -0.15) is 0 Å². The number of rotatable bonds is 8. The number of halogens is 2. The Hall–Kier alpha value is -3.49. The molecule has 3 rings (SSSR count). The third-order valence-electron chi connectivity index (χ3n) is 4.79.